The first-order valence-corrected chi connectivity index (χ1v) is 14.6. The molecule has 0 atom stereocenters. The van der Waals surface area contributed by atoms with E-state index >= 15 is 4.39 Å². The lowest BCUT2D eigenvalue weighted by Gasteiger charge is -2.24. The standard InChI is InChI=1S/C25H31ClFN7O3S/c1-14(2)38(35,36)24-21(13-34(3)33-24)30-23-18(26)12-29-25(32-23)31-20-11-19(27)17(15-6-8-28-9-7-15)10-22(20)37-16-4-5-16/h10-16,28H,4-9H2,1-3H3,(H2,29,30,31,32). The Labute approximate surface area is 226 Å². The van der Waals surface area contributed by atoms with Crippen molar-refractivity contribution in [3.63, 3.8) is 0 Å². The van der Waals surface area contributed by atoms with Crippen LogP contribution in [0.3, 0.4) is 0 Å². The quantitative estimate of drug-likeness (QED) is 0.340. The minimum absolute atomic E-state index is 0.102. The third-order valence-electron chi connectivity index (χ3n) is 6.62. The van der Waals surface area contributed by atoms with Crippen molar-refractivity contribution in [3.05, 3.63) is 40.9 Å². The van der Waals surface area contributed by atoms with E-state index in [1.807, 2.05) is 0 Å². The fourth-order valence-corrected chi connectivity index (χ4v) is 5.56. The van der Waals surface area contributed by atoms with Crippen LogP contribution in [0.15, 0.2) is 29.6 Å². The molecule has 2 fully saturated rings. The molecule has 13 heteroatoms. The van der Waals surface area contributed by atoms with Gasteiger partial charge in [-0.05, 0) is 70.2 Å². The summed E-state index contributed by atoms with van der Waals surface area (Å²) in [5.41, 5.74) is 1.30. The molecule has 0 amide bonds. The zero-order valence-electron chi connectivity index (χ0n) is 21.5. The molecule has 10 nitrogen and oxygen atoms in total. The van der Waals surface area contributed by atoms with Crippen LogP contribution in [0.25, 0.3) is 0 Å². The number of anilines is 4. The zero-order chi connectivity index (χ0) is 27.0. The van der Waals surface area contributed by atoms with E-state index in [0.717, 1.165) is 38.8 Å². The highest BCUT2D eigenvalue weighted by molar-refractivity contribution is 7.92. The van der Waals surface area contributed by atoms with Crippen molar-refractivity contribution in [2.75, 3.05) is 23.7 Å². The van der Waals surface area contributed by atoms with Gasteiger partial charge in [0.25, 0.3) is 0 Å². The molecule has 0 radical (unpaired) electrons. The Bertz CT molecular complexity index is 1440. The van der Waals surface area contributed by atoms with Crippen LogP contribution in [0.2, 0.25) is 5.02 Å². The van der Waals surface area contributed by atoms with Crippen LogP contribution < -0.4 is 20.7 Å². The van der Waals surface area contributed by atoms with Gasteiger partial charge in [0.15, 0.2) is 5.82 Å². The predicted molar refractivity (Wildman–Crippen MR) is 144 cm³/mol. The fourth-order valence-electron chi connectivity index (χ4n) is 4.33. The van der Waals surface area contributed by atoms with Gasteiger partial charge in [-0.1, -0.05) is 11.6 Å². The van der Waals surface area contributed by atoms with E-state index in [2.05, 4.69) is 31.0 Å². The van der Waals surface area contributed by atoms with Gasteiger partial charge in [0, 0.05) is 19.3 Å². The number of rotatable bonds is 9. The normalized spacial score (nSPS) is 16.6. The van der Waals surface area contributed by atoms with E-state index in [1.165, 1.54) is 23.1 Å². The van der Waals surface area contributed by atoms with Gasteiger partial charge in [-0.2, -0.15) is 10.1 Å². The summed E-state index contributed by atoms with van der Waals surface area (Å²) >= 11 is 6.34. The molecular weight excluding hydrogens is 533 g/mol. The van der Waals surface area contributed by atoms with Crippen molar-refractivity contribution in [1.29, 1.82) is 0 Å². The Kier molecular flexibility index (Phi) is 7.47. The summed E-state index contributed by atoms with van der Waals surface area (Å²) < 4.78 is 48.4. The van der Waals surface area contributed by atoms with Crippen molar-refractivity contribution in [2.45, 2.75) is 61.8 Å². The zero-order valence-corrected chi connectivity index (χ0v) is 23.0. The van der Waals surface area contributed by atoms with Crippen molar-refractivity contribution in [1.82, 2.24) is 25.1 Å². The largest absolute Gasteiger partial charge is 0.488 e. The molecule has 5 rings (SSSR count). The van der Waals surface area contributed by atoms with Gasteiger partial charge in [0.1, 0.15) is 16.6 Å². The molecule has 1 saturated carbocycles. The van der Waals surface area contributed by atoms with Crippen LogP contribution in [-0.2, 0) is 16.9 Å². The second-order valence-electron chi connectivity index (χ2n) is 9.97. The molecule has 0 spiro atoms. The van der Waals surface area contributed by atoms with Gasteiger partial charge in [-0.3, -0.25) is 4.68 Å². The summed E-state index contributed by atoms with van der Waals surface area (Å²) in [4.78, 5) is 8.67. The van der Waals surface area contributed by atoms with Crippen LogP contribution in [0.1, 0.15) is 51.0 Å². The Morgan fingerprint density at radius 3 is 2.58 bits per heavy atom. The number of benzene rings is 1. The van der Waals surface area contributed by atoms with Crippen molar-refractivity contribution in [2.24, 2.45) is 7.05 Å². The van der Waals surface area contributed by atoms with Crippen LogP contribution in [-0.4, -0.2) is 52.6 Å². The molecule has 1 aliphatic heterocycles. The average Bonchev–Trinajstić information content (AvgIpc) is 3.62. The summed E-state index contributed by atoms with van der Waals surface area (Å²) in [7, 11) is -2.04. The van der Waals surface area contributed by atoms with Crippen molar-refractivity contribution < 1.29 is 17.5 Å². The molecule has 3 aromatic rings. The van der Waals surface area contributed by atoms with Gasteiger partial charge in [-0.15, -0.1) is 0 Å². The maximum Gasteiger partial charge on any atom is 0.229 e. The number of piperidine rings is 1. The molecule has 0 unspecified atom stereocenters. The van der Waals surface area contributed by atoms with Crippen LogP contribution in [0, 0.1) is 5.82 Å². The number of halogens is 2. The highest BCUT2D eigenvalue weighted by Gasteiger charge is 2.29. The van der Waals surface area contributed by atoms with Gasteiger partial charge in [0.2, 0.25) is 20.8 Å². The highest BCUT2D eigenvalue weighted by Crippen LogP contribution is 2.39. The number of hydrogen-bond donors (Lipinski definition) is 3. The Balaban J connectivity index is 1.44. The number of nitrogens with zero attached hydrogens (tertiary/aromatic N) is 4. The molecule has 38 heavy (non-hydrogen) atoms. The number of sulfone groups is 1. The highest BCUT2D eigenvalue weighted by atomic mass is 35.5. The first kappa shape index (κ1) is 26.6. The Morgan fingerprint density at radius 1 is 1.16 bits per heavy atom. The molecule has 3 N–H and O–H groups in total. The predicted octanol–water partition coefficient (Wildman–Crippen LogP) is 4.68. The number of ether oxygens (including phenoxy) is 1. The lowest BCUT2D eigenvalue weighted by atomic mass is 9.89. The van der Waals surface area contributed by atoms with E-state index in [1.54, 1.807) is 27.0 Å². The third-order valence-corrected chi connectivity index (χ3v) is 8.98. The Morgan fingerprint density at radius 2 is 1.89 bits per heavy atom. The minimum atomic E-state index is -3.67. The minimum Gasteiger partial charge on any atom is -0.488 e. The third kappa shape index (κ3) is 5.71. The molecule has 0 bridgehead atoms. The number of nitrogens with one attached hydrogen (secondary N) is 3. The Hall–Kier alpha value is -2.96. The number of hydrogen-bond acceptors (Lipinski definition) is 9. The van der Waals surface area contributed by atoms with Gasteiger partial charge in [0.05, 0.1) is 28.9 Å². The first-order chi connectivity index (χ1) is 18.1. The maximum absolute atomic E-state index is 15.3. The van der Waals surface area contributed by atoms with Crippen molar-refractivity contribution in [3.8, 4) is 5.75 Å². The van der Waals surface area contributed by atoms with Gasteiger partial charge >= 0.3 is 0 Å². The molecule has 2 aliphatic rings. The van der Waals surface area contributed by atoms with Crippen LogP contribution in [0.4, 0.5) is 27.5 Å². The topological polar surface area (TPSA) is 123 Å². The number of aromatic nitrogens is 4. The fraction of sp³-hybridized carbons (Fsp3) is 0.480. The average molecular weight is 564 g/mol. The molecule has 1 aliphatic carbocycles. The lowest BCUT2D eigenvalue weighted by Crippen LogP contribution is -2.27. The van der Waals surface area contributed by atoms with Crippen LogP contribution >= 0.6 is 11.6 Å². The SMILES string of the molecule is CC(C)S(=O)(=O)c1nn(C)cc1Nc1nc(Nc2cc(F)c(C3CCNCC3)cc2OC2CC2)ncc1Cl. The molecule has 3 heterocycles. The lowest BCUT2D eigenvalue weighted by molar-refractivity contribution is 0.303. The molecular formula is C25H31ClFN7O3S. The van der Waals surface area contributed by atoms with E-state index in [-0.39, 0.29) is 45.3 Å². The van der Waals surface area contributed by atoms with E-state index < -0.39 is 15.1 Å². The summed E-state index contributed by atoms with van der Waals surface area (Å²) in [5, 5.41) is 12.9. The first-order valence-electron chi connectivity index (χ1n) is 12.7. The molecule has 1 aromatic carbocycles. The second-order valence-corrected chi connectivity index (χ2v) is 12.8. The maximum atomic E-state index is 15.3. The van der Waals surface area contributed by atoms with E-state index in [4.69, 9.17) is 16.3 Å². The molecule has 1 saturated heterocycles. The summed E-state index contributed by atoms with van der Waals surface area (Å²) in [5.74, 6) is 0.685. The van der Waals surface area contributed by atoms with E-state index in [9.17, 15) is 8.42 Å². The van der Waals surface area contributed by atoms with Crippen molar-refractivity contribution >= 4 is 44.6 Å². The summed E-state index contributed by atoms with van der Waals surface area (Å²) in [6, 6.07) is 3.22. The summed E-state index contributed by atoms with van der Waals surface area (Å²) in [6.07, 6.45) is 6.67. The van der Waals surface area contributed by atoms with Gasteiger partial charge in [-0.25, -0.2) is 17.8 Å². The second kappa shape index (κ2) is 10.7. The van der Waals surface area contributed by atoms with Crippen LogP contribution in [0.5, 0.6) is 5.75 Å². The number of aryl methyl sites for hydroxylation is 1. The van der Waals surface area contributed by atoms with E-state index in [0.29, 0.717) is 17.0 Å². The van der Waals surface area contributed by atoms with Gasteiger partial charge < -0.3 is 20.7 Å². The molecule has 204 valence electrons. The summed E-state index contributed by atoms with van der Waals surface area (Å²) in [6.45, 7) is 4.89. The smallest absolute Gasteiger partial charge is 0.229 e. The monoisotopic (exact) mass is 563 g/mol. The molecule has 2 aromatic heterocycles.